The molecule has 0 heterocycles. The van der Waals surface area contributed by atoms with E-state index in [-0.39, 0.29) is 16.3 Å². The van der Waals surface area contributed by atoms with Gasteiger partial charge in [0.2, 0.25) is 20.0 Å². The summed E-state index contributed by atoms with van der Waals surface area (Å²) in [6.45, 7) is 0.0421. The molecule has 0 saturated carbocycles. The average Bonchev–Trinajstić information content (AvgIpc) is 2.66. The quantitative estimate of drug-likeness (QED) is 0.701. The van der Waals surface area contributed by atoms with E-state index in [9.17, 15) is 16.8 Å². The third kappa shape index (κ3) is 4.78. The molecule has 2 rings (SSSR count). The maximum absolute atomic E-state index is 12.5. The third-order valence-corrected chi connectivity index (χ3v) is 7.07. The van der Waals surface area contributed by atoms with Gasteiger partial charge in [-0.05, 0) is 42.0 Å². The zero-order valence-corrected chi connectivity index (χ0v) is 17.1. The molecule has 0 bridgehead atoms. The lowest BCUT2D eigenvalue weighted by Gasteiger charge is -2.12. The Morgan fingerprint density at radius 1 is 0.852 bits per heavy atom. The van der Waals surface area contributed by atoms with E-state index in [1.54, 1.807) is 18.2 Å². The van der Waals surface area contributed by atoms with Crippen LogP contribution in [0.2, 0.25) is 0 Å². The van der Waals surface area contributed by atoms with Gasteiger partial charge in [0.25, 0.3) is 0 Å². The SMILES string of the molecule is COc1ccc(CNS(=O)(=O)c2ccc(S(=O)(=O)N(C)C)cc2)cc1OC. The fourth-order valence-electron chi connectivity index (χ4n) is 2.25. The maximum atomic E-state index is 12.5. The van der Waals surface area contributed by atoms with Crippen molar-refractivity contribution >= 4 is 20.0 Å². The predicted octanol–water partition coefficient (Wildman–Crippen LogP) is 1.43. The minimum atomic E-state index is -3.81. The molecule has 0 aromatic heterocycles. The smallest absolute Gasteiger partial charge is 0.242 e. The molecule has 0 saturated heterocycles. The van der Waals surface area contributed by atoms with E-state index in [0.717, 1.165) is 4.31 Å². The summed E-state index contributed by atoms with van der Waals surface area (Å²) < 4.78 is 62.9. The molecular weight excluding hydrogens is 392 g/mol. The Morgan fingerprint density at radius 2 is 1.41 bits per heavy atom. The van der Waals surface area contributed by atoms with Crippen LogP contribution in [0.5, 0.6) is 11.5 Å². The Morgan fingerprint density at radius 3 is 1.93 bits per heavy atom. The van der Waals surface area contributed by atoms with Gasteiger partial charge in [-0.15, -0.1) is 0 Å². The van der Waals surface area contributed by atoms with Crippen molar-refractivity contribution in [1.82, 2.24) is 9.03 Å². The molecule has 10 heteroatoms. The molecule has 2 aromatic carbocycles. The topological polar surface area (TPSA) is 102 Å². The molecule has 27 heavy (non-hydrogen) atoms. The molecule has 148 valence electrons. The Bertz CT molecular complexity index is 1000. The van der Waals surface area contributed by atoms with Crippen molar-refractivity contribution in [3.8, 4) is 11.5 Å². The van der Waals surface area contributed by atoms with Crippen molar-refractivity contribution in [3.63, 3.8) is 0 Å². The number of sulfonamides is 2. The first-order valence-corrected chi connectivity index (χ1v) is 10.8. The minimum absolute atomic E-state index is 0.0198. The van der Waals surface area contributed by atoms with Crippen LogP contribution in [-0.2, 0) is 26.6 Å². The molecule has 0 fully saturated rings. The number of hydrogen-bond acceptors (Lipinski definition) is 6. The molecule has 0 spiro atoms. The van der Waals surface area contributed by atoms with E-state index in [4.69, 9.17) is 9.47 Å². The van der Waals surface area contributed by atoms with Crippen molar-refractivity contribution in [2.24, 2.45) is 0 Å². The molecule has 0 unspecified atom stereocenters. The lowest BCUT2D eigenvalue weighted by Crippen LogP contribution is -2.24. The predicted molar refractivity (Wildman–Crippen MR) is 101 cm³/mol. The molecule has 2 aromatic rings. The van der Waals surface area contributed by atoms with Crippen LogP contribution in [-0.4, -0.2) is 49.5 Å². The minimum Gasteiger partial charge on any atom is -0.493 e. The first-order chi connectivity index (χ1) is 12.6. The van der Waals surface area contributed by atoms with E-state index in [1.165, 1.54) is 52.6 Å². The highest BCUT2D eigenvalue weighted by molar-refractivity contribution is 7.89. The fraction of sp³-hybridized carbons (Fsp3) is 0.294. The number of rotatable bonds is 8. The summed E-state index contributed by atoms with van der Waals surface area (Å²) in [6.07, 6.45) is 0. The van der Waals surface area contributed by atoms with Gasteiger partial charge in [0.15, 0.2) is 11.5 Å². The normalized spacial score (nSPS) is 12.2. The molecule has 1 N–H and O–H groups in total. The molecule has 0 amide bonds. The summed E-state index contributed by atoms with van der Waals surface area (Å²) in [5.41, 5.74) is 0.683. The molecular formula is C17H22N2O6S2. The highest BCUT2D eigenvalue weighted by atomic mass is 32.2. The molecule has 8 nitrogen and oxygen atoms in total. The van der Waals surface area contributed by atoms with Gasteiger partial charge in [-0.3, -0.25) is 0 Å². The second-order valence-corrected chi connectivity index (χ2v) is 9.69. The van der Waals surface area contributed by atoms with Gasteiger partial charge < -0.3 is 9.47 Å². The van der Waals surface area contributed by atoms with E-state index in [0.29, 0.717) is 17.1 Å². The number of methoxy groups -OCH3 is 2. The largest absolute Gasteiger partial charge is 0.493 e. The zero-order chi connectivity index (χ0) is 20.2. The molecule has 0 aliphatic heterocycles. The Kier molecular flexibility index (Phi) is 6.47. The van der Waals surface area contributed by atoms with Crippen molar-refractivity contribution in [3.05, 3.63) is 48.0 Å². The lowest BCUT2D eigenvalue weighted by atomic mass is 10.2. The summed E-state index contributed by atoms with van der Waals surface area (Å²) in [5, 5.41) is 0. The zero-order valence-electron chi connectivity index (χ0n) is 15.5. The van der Waals surface area contributed by atoms with Gasteiger partial charge in [-0.1, -0.05) is 6.07 Å². The van der Waals surface area contributed by atoms with E-state index < -0.39 is 20.0 Å². The van der Waals surface area contributed by atoms with E-state index >= 15 is 0 Å². The summed E-state index contributed by atoms with van der Waals surface area (Å²) in [6, 6.07) is 10.1. The Hall–Kier alpha value is -2.14. The van der Waals surface area contributed by atoms with E-state index in [1.807, 2.05) is 0 Å². The molecule has 0 radical (unpaired) electrons. The van der Waals surface area contributed by atoms with Gasteiger partial charge in [0.1, 0.15) is 0 Å². The van der Waals surface area contributed by atoms with E-state index in [2.05, 4.69) is 4.72 Å². The van der Waals surface area contributed by atoms with Crippen LogP contribution in [0.3, 0.4) is 0 Å². The number of nitrogens with one attached hydrogen (secondary N) is 1. The lowest BCUT2D eigenvalue weighted by molar-refractivity contribution is 0.354. The Labute approximate surface area is 159 Å². The molecule has 0 atom stereocenters. The van der Waals surface area contributed by atoms with Crippen LogP contribution in [0, 0.1) is 0 Å². The number of benzene rings is 2. The Balaban J connectivity index is 2.17. The van der Waals surface area contributed by atoms with Crippen LogP contribution < -0.4 is 14.2 Å². The average molecular weight is 415 g/mol. The maximum Gasteiger partial charge on any atom is 0.242 e. The first kappa shape index (κ1) is 21.2. The highest BCUT2D eigenvalue weighted by Gasteiger charge is 2.19. The van der Waals surface area contributed by atoms with Crippen molar-refractivity contribution in [1.29, 1.82) is 0 Å². The molecule has 0 aliphatic rings. The van der Waals surface area contributed by atoms with Crippen LogP contribution in [0.25, 0.3) is 0 Å². The third-order valence-electron chi connectivity index (χ3n) is 3.83. The van der Waals surface area contributed by atoms with Crippen molar-refractivity contribution < 1.29 is 26.3 Å². The summed E-state index contributed by atoms with van der Waals surface area (Å²) in [5.74, 6) is 1.04. The fourth-order valence-corrected chi connectivity index (χ4v) is 4.17. The number of ether oxygens (including phenoxy) is 2. The van der Waals surface area contributed by atoms with Gasteiger partial charge in [0, 0.05) is 20.6 Å². The summed E-state index contributed by atoms with van der Waals surface area (Å²) in [4.78, 5) is -0.00739. The van der Waals surface area contributed by atoms with Crippen LogP contribution in [0.4, 0.5) is 0 Å². The second-order valence-electron chi connectivity index (χ2n) is 5.77. The second kappa shape index (κ2) is 8.26. The van der Waals surface area contributed by atoms with Gasteiger partial charge in [0.05, 0.1) is 24.0 Å². The standard InChI is InChI=1S/C17H22N2O6S2/c1-19(2)27(22,23)15-8-6-14(7-9-15)26(20,21)18-12-13-5-10-16(24-3)17(11-13)25-4/h5-11,18H,12H2,1-4H3. The van der Waals surface area contributed by atoms with Crippen LogP contribution >= 0.6 is 0 Å². The van der Waals surface area contributed by atoms with Crippen LogP contribution in [0.1, 0.15) is 5.56 Å². The van der Waals surface area contributed by atoms with Gasteiger partial charge in [-0.25, -0.2) is 25.9 Å². The van der Waals surface area contributed by atoms with Gasteiger partial charge in [-0.2, -0.15) is 0 Å². The summed E-state index contributed by atoms with van der Waals surface area (Å²) >= 11 is 0. The number of hydrogen-bond donors (Lipinski definition) is 1. The van der Waals surface area contributed by atoms with Crippen LogP contribution in [0.15, 0.2) is 52.3 Å². The summed E-state index contributed by atoms with van der Waals surface area (Å²) in [7, 11) is -1.60. The first-order valence-electron chi connectivity index (χ1n) is 7.85. The monoisotopic (exact) mass is 414 g/mol. The highest BCUT2D eigenvalue weighted by Crippen LogP contribution is 2.27. The van der Waals surface area contributed by atoms with Crippen molar-refractivity contribution in [2.45, 2.75) is 16.3 Å². The number of nitrogens with zero attached hydrogens (tertiary/aromatic N) is 1. The van der Waals surface area contributed by atoms with Gasteiger partial charge >= 0.3 is 0 Å². The molecule has 0 aliphatic carbocycles. The van der Waals surface area contributed by atoms with Crippen molar-refractivity contribution in [2.75, 3.05) is 28.3 Å².